The number of benzene rings is 1. The molecular weight excluding hydrogens is 552 g/mol. The number of nitrogens with zero attached hydrogens (tertiary/aromatic N) is 8. The molecule has 0 radical (unpaired) electrons. The van der Waals surface area contributed by atoms with Gasteiger partial charge in [0.1, 0.15) is 23.5 Å². The van der Waals surface area contributed by atoms with Gasteiger partial charge in [0.15, 0.2) is 17.3 Å². The summed E-state index contributed by atoms with van der Waals surface area (Å²) in [6, 6.07) is 4.21. The third kappa shape index (κ3) is 5.12. The monoisotopic (exact) mass is 582 g/mol. The summed E-state index contributed by atoms with van der Waals surface area (Å²) in [6.45, 7) is 5.10. The molecule has 1 aliphatic carbocycles. The summed E-state index contributed by atoms with van der Waals surface area (Å²) < 4.78 is 62.5. The van der Waals surface area contributed by atoms with Gasteiger partial charge in [0.2, 0.25) is 5.88 Å². The predicted octanol–water partition coefficient (Wildman–Crippen LogP) is 5.88. The second kappa shape index (κ2) is 10.5. The van der Waals surface area contributed by atoms with E-state index in [2.05, 4.69) is 24.8 Å². The number of hydrogen-bond donors (Lipinski definition) is 0. The molecule has 6 rings (SSSR count). The molecule has 0 bridgehead atoms. The minimum absolute atomic E-state index is 0.00937. The van der Waals surface area contributed by atoms with Gasteiger partial charge in [-0.1, -0.05) is 6.07 Å². The van der Waals surface area contributed by atoms with Crippen LogP contribution in [0.5, 0.6) is 5.88 Å². The van der Waals surface area contributed by atoms with Crippen molar-refractivity contribution in [3.8, 4) is 28.7 Å². The highest BCUT2D eigenvalue weighted by molar-refractivity contribution is 5.74. The highest BCUT2D eigenvalue weighted by Gasteiger charge is 2.36. The van der Waals surface area contributed by atoms with Crippen molar-refractivity contribution in [2.75, 3.05) is 37.0 Å². The molecule has 13 heteroatoms. The van der Waals surface area contributed by atoms with Crippen LogP contribution >= 0.6 is 0 Å². The molecule has 0 unspecified atom stereocenters. The third-order valence-electron chi connectivity index (χ3n) is 7.62. The number of methoxy groups -OCH3 is 1. The zero-order chi connectivity index (χ0) is 29.8. The molecule has 2 aliphatic rings. The number of ether oxygens (including phenoxy) is 1. The topological polar surface area (TPSA) is 85.1 Å². The molecule has 42 heavy (non-hydrogen) atoms. The summed E-state index contributed by atoms with van der Waals surface area (Å²) >= 11 is 0. The Morgan fingerprint density at radius 3 is 2.52 bits per heavy atom. The maximum atomic E-state index is 15.5. The van der Waals surface area contributed by atoms with E-state index in [0.29, 0.717) is 54.2 Å². The van der Waals surface area contributed by atoms with Crippen LogP contribution in [0.4, 0.5) is 29.1 Å². The average Bonchev–Trinajstić information content (AvgIpc) is 3.70. The van der Waals surface area contributed by atoms with Crippen LogP contribution in [0.1, 0.15) is 55.6 Å². The number of rotatable bonds is 7. The fraction of sp³-hybridized carbons (Fsp3) is 0.414. The van der Waals surface area contributed by atoms with Gasteiger partial charge < -0.3 is 19.1 Å². The van der Waals surface area contributed by atoms with Crippen LogP contribution in [0.15, 0.2) is 36.9 Å². The normalized spacial score (nSPS) is 15.4. The molecule has 0 amide bonds. The van der Waals surface area contributed by atoms with Crippen LogP contribution in [0.25, 0.3) is 22.8 Å². The first-order valence-corrected chi connectivity index (χ1v) is 13.7. The first-order chi connectivity index (χ1) is 20.0. The van der Waals surface area contributed by atoms with Crippen LogP contribution in [-0.2, 0) is 12.7 Å². The minimum atomic E-state index is -4.63. The van der Waals surface area contributed by atoms with E-state index in [1.807, 2.05) is 11.9 Å². The van der Waals surface area contributed by atoms with Gasteiger partial charge in [-0.2, -0.15) is 13.2 Å². The molecule has 220 valence electrons. The lowest BCUT2D eigenvalue weighted by atomic mass is 10.1. The molecule has 4 heterocycles. The Bertz CT molecular complexity index is 1630. The van der Waals surface area contributed by atoms with Crippen molar-refractivity contribution in [3.05, 3.63) is 59.7 Å². The lowest BCUT2D eigenvalue weighted by Crippen LogP contribution is -2.39. The van der Waals surface area contributed by atoms with Crippen molar-refractivity contribution >= 4 is 11.5 Å². The lowest BCUT2D eigenvalue weighted by molar-refractivity contribution is -0.140. The van der Waals surface area contributed by atoms with Gasteiger partial charge in [-0.3, -0.25) is 0 Å². The van der Waals surface area contributed by atoms with Crippen molar-refractivity contribution in [3.63, 3.8) is 0 Å². The average molecular weight is 583 g/mol. The number of imidazole rings is 1. The van der Waals surface area contributed by atoms with Gasteiger partial charge in [0, 0.05) is 44.8 Å². The largest absolute Gasteiger partial charge is 0.480 e. The van der Waals surface area contributed by atoms with E-state index in [4.69, 9.17) is 9.72 Å². The van der Waals surface area contributed by atoms with Gasteiger partial charge >= 0.3 is 6.18 Å². The first-order valence-electron chi connectivity index (χ1n) is 13.7. The number of anilines is 2. The minimum Gasteiger partial charge on any atom is -0.480 e. The Kier molecular flexibility index (Phi) is 6.98. The van der Waals surface area contributed by atoms with Crippen LogP contribution in [0, 0.1) is 5.82 Å². The molecule has 0 saturated heterocycles. The Morgan fingerprint density at radius 2 is 1.86 bits per heavy atom. The Balaban J connectivity index is 1.34. The number of likely N-dealkylation sites (N-methyl/N-ethyl adjacent to an activating group) is 1. The van der Waals surface area contributed by atoms with Gasteiger partial charge in [-0.15, -0.1) is 0 Å². The van der Waals surface area contributed by atoms with Gasteiger partial charge in [0.05, 0.1) is 30.3 Å². The van der Waals surface area contributed by atoms with E-state index in [1.165, 1.54) is 23.0 Å². The fourth-order valence-electron chi connectivity index (χ4n) is 5.24. The van der Waals surface area contributed by atoms with E-state index in [9.17, 15) is 13.2 Å². The second-order valence-electron chi connectivity index (χ2n) is 10.9. The van der Waals surface area contributed by atoms with Crippen LogP contribution in [-0.4, -0.2) is 56.7 Å². The standard InChI is InChI=1S/C29H30F4N8O/c1-16(2)41-14-22(29(31,32)33)37-26(41)19-8-5-17(11-20(19)30)13-40-10-9-39(3)21-12-34-25(38-27(21)40)23-24(18-6-7-18)35-15-36-28(23)42-4/h5,8,11-12,14-16,18H,6-7,9-10,13H2,1-4H3. The van der Waals surface area contributed by atoms with Crippen molar-refractivity contribution in [1.29, 1.82) is 0 Å². The van der Waals surface area contributed by atoms with Gasteiger partial charge in [-0.25, -0.2) is 29.3 Å². The van der Waals surface area contributed by atoms with E-state index in [1.54, 1.807) is 33.2 Å². The zero-order valence-corrected chi connectivity index (χ0v) is 23.7. The second-order valence-corrected chi connectivity index (χ2v) is 10.9. The van der Waals surface area contributed by atoms with E-state index < -0.39 is 17.7 Å². The summed E-state index contributed by atoms with van der Waals surface area (Å²) in [5.74, 6) is 1.15. The molecule has 3 aromatic heterocycles. The molecule has 9 nitrogen and oxygen atoms in total. The van der Waals surface area contributed by atoms with E-state index in [-0.39, 0.29) is 17.4 Å². The Labute approximate surface area is 240 Å². The van der Waals surface area contributed by atoms with Crippen molar-refractivity contribution in [2.24, 2.45) is 0 Å². The van der Waals surface area contributed by atoms with Crippen LogP contribution < -0.4 is 14.5 Å². The van der Waals surface area contributed by atoms with E-state index >= 15 is 4.39 Å². The summed E-state index contributed by atoms with van der Waals surface area (Å²) in [5, 5.41) is 0. The smallest absolute Gasteiger partial charge is 0.434 e. The Hall–Kier alpha value is -4.29. The SMILES string of the molecule is COc1ncnc(C2CC2)c1-c1ncc2c(n1)N(Cc1ccc(-c3nc(C(F)(F)F)cn3C(C)C)c(F)c1)CCN2C. The summed E-state index contributed by atoms with van der Waals surface area (Å²) in [6.07, 6.45) is 1.61. The molecule has 1 fully saturated rings. The van der Waals surface area contributed by atoms with Gasteiger partial charge in [-0.05, 0) is 44.4 Å². The first kappa shape index (κ1) is 27.9. The zero-order valence-electron chi connectivity index (χ0n) is 23.7. The number of alkyl halides is 3. The third-order valence-corrected chi connectivity index (χ3v) is 7.62. The molecule has 0 atom stereocenters. The molecule has 1 aromatic carbocycles. The molecule has 1 saturated carbocycles. The lowest BCUT2D eigenvalue weighted by Gasteiger charge is -2.36. The summed E-state index contributed by atoms with van der Waals surface area (Å²) in [4.78, 5) is 26.2. The number of aromatic nitrogens is 6. The van der Waals surface area contributed by atoms with E-state index in [0.717, 1.165) is 30.4 Å². The molecule has 0 spiro atoms. The predicted molar refractivity (Wildman–Crippen MR) is 149 cm³/mol. The maximum absolute atomic E-state index is 15.5. The van der Waals surface area contributed by atoms with Crippen LogP contribution in [0.2, 0.25) is 0 Å². The fourth-order valence-corrected chi connectivity index (χ4v) is 5.24. The van der Waals surface area contributed by atoms with Crippen LogP contribution in [0.3, 0.4) is 0 Å². The number of fused-ring (bicyclic) bond motifs is 1. The van der Waals surface area contributed by atoms with Gasteiger partial charge in [0.25, 0.3) is 0 Å². The van der Waals surface area contributed by atoms with Crippen molar-refractivity contribution in [2.45, 2.75) is 51.4 Å². The summed E-state index contributed by atoms with van der Waals surface area (Å²) in [5.41, 5.74) is 1.96. The quantitative estimate of drug-likeness (QED) is 0.250. The highest BCUT2D eigenvalue weighted by Crippen LogP contribution is 2.45. The highest BCUT2D eigenvalue weighted by atomic mass is 19.4. The maximum Gasteiger partial charge on any atom is 0.434 e. The number of halogens is 4. The molecular formula is C29H30F4N8O. The number of hydrogen-bond acceptors (Lipinski definition) is 8. The molecule has 1 aliphatic heterocycles. The Morgan fingerprint density at radius 1 is 1.07 bits per heavy atom. The molecule has 0 N–H and O–H groups in total. The molecule has 4 aromatic rings. The summed E-state index contributed by atoms with van der Waals surface area (Å²) in [7, 11) is 3.51. The van der Waals surface area contributed by atoms with Crippen molar-refractivity contribution < 1.29 is 22.3 Å². The van der Waals surface area contributed by atoms with Crippen molar-refractivity contribution in [1.82, 2.24) is 29.5 Å².